The van der Waals surface area contributed by atoms with E-state index in [4.69, 9.17) is 17.4 Å². The molecule has 0 amide bonds. The normalized spacial score (nSPS) is 12.4. The van der Waals surface area contributed by atoms with E-state index >= 15 is 0 Å². The van der Waals surface area contributed by atoms with E-state index in [0.717, 1.165) is 32.6 Å². The monoisotopic (exact) mass is 339 g/mol. The Morgan fingerprint density at radius 3 is 2.84 bits per heavy atom. The lowest BCUT2D eigenvalue weighted by atomic mass is 9.97. The third kappa shape index (κ3) is 3.54. The van der Waals surface area contributed by atoms with Crippen LogP contribution in [0, 0.1) is 6.92 Å². The first-order valence-electron chi connectivity index (χ1n) is 5.92. The van der Waals surface area contributed by atoms with Gasteiger partial charge in [0, 0.05) is 21.9 Å². The van der Waals surface area contributed by atoms with Crippen LogP contribution >= 0.6 is 27.5 Å². The number of aromatic nitrogens is 1. The number of benzene rings is 1. The molecule has 0 saturated carbocycles. The quantitative estimate of drug-likeness (QED) is 0.661. The Hall–Kier alpha value is -0.940. The number of pyridine rings is 1. The summed E-state index contributed by atoms with van der Waals surface area (Å²) in [5, 5.41) is 0.733. The molecular weight excluding hydrogens is 326 g/mol. The number of nitrogens with two attached hydrogens (primary N) is 1. The van der Waals surface area contributed by atoms with Crippen LogP contribution in [0.1, 0.15) is 22.7 Å². The lowest BCUT2D eigenvalue weighted by Crippen LogP contribution is -2.30. The third-order valence-electron chi connectivity index (χ3n) is 3.10. The van der Waals surface area contributed by atoms with Crippen LogP contribution in [0.4, 0.5) is 0 Å². The van der Waals surface area contributed by atoms with Crippen molar-refractivity contribution in [3.8, 4) is 0 Å². The zero-order valence-electron chi connectivity index (χ0n) is 10.5. The molecule has 2 aromatic rings. The van der Waals surface area contributed by atoms with Gasteiger partial charge >= 0.3 is 0 Å². The Labute approximate surface area is 126 Å². The molecule has 100 valence electrons. The van der Waals surface area contributed by atoms with Gasteiger partial charge in [0.2, 0.25) is 0 Å². The molecule has 0 fully saturated rings. The maximum atomic E-state index is 6.24. The van der Waals surface area contributed by atoms with Gasteiger partial charge in [0.15, 0.2) is 0 Å². The molecule has 3 nitrogen and oxygen atoms in total. The molecule has 0 radical (unpaired) electrons. The van der Waals surface area contributed by atoms with Crippen molar-refractivity contribution in [2.45, 2.75) is 19.4 Å². The average Bonchev–Trinajstić information content (AvgIpc) is 2.39. The van der Waals surface area contributed by atoms with Crippen molar-refractivity contribution in [3.63, 3.8) is 0 Å². The van der Waals surface area contributed by atoms with Crippen LogP contribution in [0.5, 0.6) is 0 Å². The highest BCUT2D eigenvalue weighted by atomic mass is 79.9. The van der Waals surface area contributed by atoms with Gasteiger partial charge in [-0.2, -0.15) is 0 Å². The zero-order chi connectivity index (χ0) is 13.8. The van der Waals surface area contributed by atoms with Crippen LogP contribution < -0.4 is 11.3 Å². The Balaban J connectivity index is 2.27. The molecule has 1 atom stereocenters. The SMILES string of the molecule is Cc1ccncc1C(Cc1ccc(Br)cc1Cl)NN. The van der Waals surface area contributed by atoms with Gasteiger partial charge < -0.3 is 0 Å². The predicted molar refractivity (Wildman–Crippen MR) is 81.9 cm³/mol. The number of hydrogen-bond donors (Lipinski definition) is 2. The molecule has 0 saturated heterocycles. The second kappa shape index (κ2) is 6.48. The first kappa shape index (κ1) is 14.5. The van der Waals surface area contributed by atoms with Gasteiger partial charge in [-0.15, -0.1) is 0 Å². The van der Waals surface area contributed by atoms with Crippen molar-refractivity contribution < 1.29 is 0 Å². The maximum Gasteiger partial charge on any atom is 0.0518 e. The predicted octanol–water partition coefficient (Wildman–Crippen LogP) is 3.55. The van der Waals surface area contributed by atoms with Crippen molar-refractivity contribution in [1.29, 1.82) is 0 Å². The maximum absolute atomic E-state index is 6.24. The molecule has 19 heavy (non-hydrogen) atoms. The van der Waals surface area contributed by atoms with E-state index in [0.29, 0.717) is 0 Å². The molecule has 5 heteroatoms. The molecule has 0 bridgehead atoms. The largest absolute Gasteiger partial charge is 0.271 e. The minimum Gasteiger partial charge on any atom is -0.271 e. The van der Waals surface area contributed by atoms with Crippen LogP contribution in [0.25, 0.3) is 0 Å². The van der Waals surface area contributed by atoms with Crippen molar-refractivity contribution in [2.75, 3.05) is 0 Å². The van der Waals surface area contributed by atoms with Crippen molar-refractivity contribution in [1.82, 2.24) is 10.4 Å². The summed E-state index contributed by atoms with van der Waals surface area (Å²) < 4.78 is 0.969. The van der Waals surface area contributed by atoms with Crippen LogP contribution in [-0.2, 0) is 6.42 Å². The zero-order valence-corrected chi connectivity index (χ0v) is 12.9. The highest BCUT2D eigenvalue weighted by Gasteiger charge is 2.14. The number of nitrogens with zero attached hydrogens (tertiary/aromatic N) is 1. The molecule has 0 aliphatic carbocycles. The summed E-state index contributed by atoms with van der Waals surface area (Å²) >= 11 is 9.64. The van der Waals surface area contributed by atoms with Gasteiger partial charge in [-0.1, -0.05) is 33.6 Å². The standard InChI is InChI=1S/C14H15BrClN3/c1-9-4-5-18-8-12(9)14(19-17)6-10-2-3-11(15)7-13(10)16/h2-5,7-8,14,19H,6,17H2,1H3. The molecule has 1 heterocycles. The Morgan fingerprint density at radius 2 is 2.21 bits per heavy atom. The number of aryl methyl sites for hydroxylation is 1. The minimum atomic E-state index is -0.00706. The number of halogens is 2. The summed E-state index contributed by atoms with van der Waals surface area (Å²) in [4.78, 5) is 4.16. The molecule has 1 aromatic carbocycles. The minimum absolute atomic E-state index is 0.00706. The van der Waals surface area contributed by atoms with E-state index in [2.05, 4.69) is 26.3 Å². The van der Waals surface area contributed by atoms with E-state index in [-0.39, 0.29) is 6.04 Å². The van der Waals surface area contributed by atoms with Gasteiger partial charge in [0.1, 0.15) is 0 Å². The summed E-state index contributed by atoms with van der Waals surface area (Å²) in [6.07, 6.45) is 4.33. The highest BCUT2D eigenvalue weighted by Crippen LogP contribution is 2.26. The summed E-state index contributed by atoms with van der Waals surface area (Å²) in [5.74, 6) is 5.67. The third-order valence-corrected chi connectivity index (χ3v) is 3.94. The Kier molecular flexibility index (Phi) is 4.93. The summed E-state index contributed by atoms with van der Waals surface area (Å²) in [5.41, 5.74) is 6.14. The van der Waals surface area contributed by atoms with E-state index in [1.807, 2.05) is 37.4 Å². The summed E-state index contributed by atoms with van der Waals surface area (Å²) in [6.45, 7) is 2.05. The Bertz CT molecular complexity index is 574. The lowest BCUT2D eigenvalue weighted by molar-refractivity contribution is 0.547. The number of hydrazine groups is 1. The van der Waals surface area contributed by atoms with E-state index in [9.17, 15) is 0 Å². The fourth-order valence-corrected chi connectivity index (χ4v) is 2.76. The molecule has 3 N–H and O–H groups in total. The molecule has 1 aromatic heterocycles. The van der Waals surface area contributed by atoms with Crippen LogP contribution in [0.3, 0.4) is 0 Å². The van der Waals surface area contributed by atoms with Crippen molar-refractivity contribution in [2.24, 2.45) is 5.84 Å². The van der Waals surface area contributed by atoms with Crippen LogP contribution in [0.2, 0.25) is 5.02 Å². The Morgan fingerprint density at radius 1 is 1.42 bits per heavy atom. The second-order valence-electron chi connectivity index (χ2n) is 4.39. The lowest BCUT2D eigenvalue weighted by Gasteiger charge is -2.18. The number of hydrogen-bond acceptors (Lipinski definition) is 3. The molecule has 0 aliphatic rings. The van der Waals surface area contributed by atoms with Gasteiger partial charge in [0.25, 0.3) is 0 Å². The van der Waals surface area contributed by atoms with Crippen LogP contribution in [0.15, 0.2) is 41.1 Å². The number of rotatable bonds is 4. The van der Waals surface area contributed by atoms with E-state index < -0.39 is 0 Å². The highest BCUT2D eigenvalue weighted by molar-refractivity contribution is 9.10. The van der Waals surface area contributed by atoms with Gasteiger partial charge in [0.05, 0.1) is 6.04 Å². The van der Waals surface area contributed by atoms with E-state index in [1.165, 1.54) is 0 Å². The molecule has 0 aliphatic heterocycles. The fourth-order valence-electron chi connectivity index (χ4n) is 2.01. The molecular formula is C14H15BrClN3. The molecule has 2 rings (SSSR count). The topological polar surface area (TPSA) is 50.9 Å². The summed E-state index contributed by atoms with van der Waals surface area (Å²) in [6, 6.07) is 7.84. The van der Waals surface area contributed by atoms with Gasteiger partial charge in [-0.25, -0.2) is 0 Å². The first-order chi connectivity index (χ1) is 9.11. The van der Waals surface area contributed by atoms with E-state index in [1.54, 1.807) is 6.20 Å². The average molecular weight is 341 g/mol. The molecule has 0 spiro atoms. The smallest absolute Gasteiger partial charge is 0.0518 e. The summed E-state index contributed by atoms with van der Waals surface area (Å²) in [7, 11) is 0. The molecule has 1 unspecified atom stereocenters. The first-order valence-corrected chi connectivity index (χ1v) is 7.09. The van der Waals surface area contributed by atoms with Crippen LogP contribution in [-0.4, -0.2) is 4.98 Å². The van der Waals surface area contributed by atoms with Crippen molar-refractivity contribution in [3.05, 3.63) is 62.8 Å². The van der Waals surface area contributed by atoms with Gasteiger partial charge in [-0.05, 0) is 48.2 Å². The van der Waals surface area contributed by atoms with Gasteiger partial charge in [-0.3, -0.25) is 16.3 Å². The van der Waals surface area contributed by atoms with Crippen molar-refractivity contribution >= 4 is 27.5 Å². The second-order valence-corrected chi connectivity index (χ2v) is 5.71. The fraction of sp³-hybridized carbons (Fsp3) is 0.214. The number of nitrogens with one attached hydrogen (secondary N) is 1.